The number of carboxylic acids is 1. The molecule has 0 aromatic rings. The number of rotatable bonds is 26. The van der Waals surface area contributed by atoms with Crippen molar-refractivity contribution >= 4 is 5.97 Å². The van der Waals surface area contributed by atoms with Crippen LogP contribution in [-0.4, -0.2) is 30.0 Å². The second-order valence-corrected chi connectivity index (χ2v) is 10.0. The van der Waals surface area contributed by atoms with Crippen LogP contribution in [0.2, 0.25) is 0 Å². The van der Waals surface area contributed by atoms with Crippen LogP contribution in [0, 0.1) is 0 Å². The van der Waals surface area contributed by atoms with Crippen LogP contribution in [0.3, 0.4) is 0 Å². The first-order valence-electron chi connectivity index (χ1n) is 14.6. The van der Waals surface area contributed by atoms with Crippen molar-refractivity contribution in [1.29, 1.82) is 0 Å². The fraction of sp³-hybridized carbons (Fsp3) is 0.966. The van der Waals surface area contributed by atoms with Crippen molar-refractivity contribution in [3.8, 4) is 0 Å². The Hall–Kier alpha value is 0.430. The van der Waals surface area contributed by atoms with Crippen molar-refractivity contribution in [2.24, 2.45) is 0 Å². The average Bonchev–Trinajstić information content (AvgIpc) is 2.78. The molecule has 4 heteroatoms. The van der Waals surface area contributed by atoms with Crippen LogP contribution in [0.5, 0.6) is 0 Å². The summed E-state index contributed by atoms with van der Waals surface area (Å²) in [5.74, 6) is -0.869. The fourth-order valence-corrected chi connectivity index (χ4v) is 4.75. The van der Waals surface area contributed by atoms with Gasteiger partial charge in [-0.2, -0.15) is 0 Å². The van der Waals surface area contributed by atoms with Gasteiger partial charge in [-0.15, -0.1) is 0 Å². The molecule has 1 unspecified atom stereocenters. The molecular weight excluding hydrogens is 417 g/mol. The molecule has 0 aliphatic rings. The molecular formula is C29H58NNaO2. The molecule has 0 aliphatic heterocycles. The van der Waals surface area contributed by atoms with Gasteiger partial charge in [0, 0.05) is 6.04 Å². The van der Waals surface area contributed by atoms with E-state index in [1.807, 2.05) is 0 Å². The van der Waals surface area contributed by atoms with Gasteiger partial charge >= 0.3 is 29.6 Å². The minimum Gasteiger partial charge on any atom is -0.548 e. The Balaban J connectivity index is 0. The number of carbonyl (C=O) groups excluding carboxylic acids is 1. The van der Waals surface area contributed by atoms with Crippen molar-refractivity contribution < 1.29 is 39.5 Å². The monoisotopic (exact) mass is 475 g/mol. The van der Waals surface area contributed by atoms with Gasteiger partial charge < -0.3 is 9.90 Å². The molecule has 0 saturated carbocycles. The zero-order chi connectivity index (χ0) is 23.7. The van der Waals surface area contributed by atoms with E-state index in [1.54, 1.807) is 0 Å². The van der Waals surface area contributed by atoms with Gasteiger partial charge in [0.2, 0.25) is 0 Å². The summed E-state index contributed by atoms with van der Waals surface area (Å²) >= 11 is 0. The SMILES string of the molecule is CCCCCCCCCCCCN(CCCCCCCCCCCC)C(CCC)C(=O)[O-].[Na+]. The molecule has 33 heavy (non-hydrogen) atoms. The van der Waals surface area contributed by atoms with Gasteiger partial charge in [0.15, 0.2) is 0 Å². The third kappa shape index (κ3) is 23.9. The summed E-state index contributed by atoms with van der Waals surface area (Å²) in [5, 5.41) is 11.7. The van der Waals surface area contributed by atoms with Crippen molar-refractivity contribution in [3.05, 3.63) is 0 Å². The summed E-state index contributed by atoms with van der Waals surface area (Å²) < 4.78 is 0. The Bertz CT molecular complexity index is 368. The first kappa shape index (κ1) is 35.6. The summed E-state index contributed by atoms with van der Waals surface area (Å²) in [4.78, 5) is 14.0. The van der Waals surface area contributed by atoms with E-state index in [9.17, 15) is 9.90 Å². The second-order valence-electron chi connectivity index (χ2n) is 10.0. The molecule has 3 nitrogen and oxygen atoms in total. The van der Waals surface area contributed by atoms with E-state index in [1.165, 1.54) is 116 Å². The van der Waals surface area contributed by atoms with Crippen LogP contribution in [0.4, 0.5) is 0 Å². The second kappa shape index (κ2) is 28.7. The standard InChI is InChI=1S/C29H59NO2.Na/c1-4-7-9-11-13-15-17-19-21-23-26-30(28(25-6-3)29(31)32)27-24-22-20-18-16-14-12-10-8-5-2;/h28H,4-27H2,1-3H3,(H,31,32);/q;+1/p-1. The molecule has 0 saturated heterocycles. The van der Waals surface area contributed by atoms with E-state index in [0.717, 1.165) is 38.8 Å². The maximum atomic E-state index is 11.7. The van der Waals surface area contributed by atoms with Crippen LogP contribution in [0.15, 0.2) is 0 Å². The minimum absolute atomic E-state index is 0. The average molecular weight is 476 g/mol. The number of hydrogen-bond donors (Lipinski definition) is 0. The summed E-state index contributed by atoms with van der Waals surface area (Å²) in [5.41, 5.74) is 0. The molecule has 0 bridgehead atoms. The summed E-state index contributed by atoms with van der Waals surface area (Å²) in [7, 11) is 0. The van der Waals surface area contributed by atoms with Crippen LogP contribution in [-0.2, 0) is 4.79 Å². The molecule has 0 heterocycles. The van der Waals surface area contributed by atoms with Gasteiger partial charge in [-0.1, -0.05) is 143 Å². The van der Waals surface area contributed by atoms with Gasteiger partial charge in [0.25, 0.3) is 0 Å². The number of aliphatic carboxylic acids is 1. The van der Waals surface area contributed by atoms with Crippen LogP contribution >= 0.6 is 0 Å². The maximum absolute atomic E-state index is 11.7. The van der Waals surface area contributed by atoms with Gasteiger partial charge in [-0.05, 0) is 32.4 Å². The number of hydrogen-bond acceptors (Lipinski definition) is 3. The molecule has 0 spiro atoms. The van der Waals surface area contributed by atoms with Crippen LogP contribution in [0.1, 0.15) is 162 Å². The largest absolute Gasteiger partial charge is 1.00 e. The van der Waals surface area contributed by atoms with E-state index in [-0.39, 0.29) is 29.6 Å². The predicted octanol–water partition coefficient (Wildman–Crippen LogP) is 5.05. The van der Waals surface area contributed by atoms with Crippen molar-refractivity contribution in [3.63, 3.8) is 0 Å². The molecule has 0 aliphatic carbocycles. The smallest absolute Gasteiger partial charge is 0.548 e. The zero-order valence-corrected chi connectivity index (χ0v) is 25.3. The first-order valence-corrected chi connectivity index (χ1v) is 14.6. The van der Waals surface area contributed by atoms with E-state index in [0.29, 0.717) is 0 Å². The Morgan fingerprint density at radius 2 is 0.848 bits per heavy atom. The molecule has 0 fully saturated rings. The van der Waals surface area contributed by atoms with Gasteiger partial charge in [0.05, 0.1) is 5.97 Å². The van der Waals surface area contributed by atoms with Crippen LogP contribution < -0.4 is 34.7 Å². The summed E-state index contributed by atoms with van der Waals surface area (Å²) in [6.45, 7) is 8.46. The Morgan fingerprint density at radius 3 is 1.12 bits per heavy atom. The van der Waals surface area contributed by atoms with E-state index in [4.69, 9.17) is 0 Å². The Labute approximate surface area is 230 Å². The maximum Gasteiger partial charge on any atom is 1.00 e. The zero-order valence-electron chi connectivity index (χ0n) is 23.3. The summed E-state index contributed by atoms with van der Waals surface area (Å²) in [6.07, 6.45) is 28.1. The molecule has 0 aromatic heterocycles. The first-order chi connectivity index (χ1) is 15.7. The van der Waals surface area contributed by atoms with Crippen molar-refractivity contribution in [1.82, 2.24) is 4.90 Å². The van der Waals surface area contributed by atoms with E-state index in [2.05, 4.69) is 25.7 Å². The number of unbranched alkanes of at least 4 members (excludes halogenated alkanes) is 18. The molecule has 0 rings (SSSR count). The molecule has 0 amide bonds. The Kier molecular flexibility index (Phi) is 30.9. The van der Waals surface area contributed by atoms with E-state index >= 15 is 0 Å². The molecule has 1 atom stereocenters. The van der Waals surface area contributed by atoms with Gasteiger partial charge in [-0.3, -0.25) is 4.90 Å². The minimum atomic E-state index is -0.869. The quantitative estimate of drug-likeness (QED) is 0.130. The molecule has 0 radical (unpaired) electrons. The Morgan fingerprint density at radius 1 is 0.545 bits per heavy atom. The fourth-order valence-electron chi connectivity index (χ4n) is 4.75. The number of carbonyl (C=O) groups is 1. The predicted molar refractivity (Wildman–Crippen MR) is 139 cm³/mol. The van der Waals surface area contributed by atoms with Crippen LogP contribution in [0.25, 0.3) is 0 Å². The van der Waals surface area contributed by atoms with Crippen molar-refractivity contribution in [2.75, 3.05) is 13.1 Å². The topological polar surface area (TPSA) is 43.4 Å². The molecule has 0 N–H and O–H groups in total. The van der Waals surface area contributed by atoms with Crippen molar-refractivity contribution in [2.45, 2.75) is 168 Å². The third-order valence-corrected chi connectivity index (χ3v) is 6.87. The van der Waals surface area contributed by atoms with E-state index < -0.39 is 12.0 Å². The molecule has 192 valence electrons. The van der Waals surface area contributed by atoms with Gasteiger partial charge in [-0.25, -0.2) is 0 Å². The summed E-state index contributed by atoms with van der Waals surface area (Å²) in [6, 6.07) is -0.392. The number of nitrogens with zero attached hydrogens (tertiary/aromatic N) is 1. The third-order valence-electron chi connectivity index (χ3n) is 6.87. The number of carboxylic acid groups (broad SMARTS) is 1. The normalized spacial score (nSPS) is 12.1. The van der Waals surface area contributed by atoms with Gasteiger partial charge in [0.1, 0.15) is 0 Å². The molecule has 0 aromatic carbocycles.